The van der Waals surface area contributed by atoms with Crippen LogP contribution in [-0.4, -0.2) is 44.4 Å². The van der Waals surface area contributed by atoms with Crippen molar-refractivity contribution in [3.63, 3.8) is 0 Å². The van der Waals surface area contributed by atoms with E-state index in [1.165, 1.54) is 0 Å². The number of hydrogen-bond donors (Lipinski definition) is 2. The van der Waals surface area contributed by atoms with Gasteiger partial charge in [0.15, 0.2) is 5.16 Å². The van der Waals surface area contributed by atoms with Gasteiger partial charge >= 0.3 is 0 Å². The third-order valence-electron chi connectivity index (χ3n) is 4.87. The van der Waals surface area contributed by atoms with E-state index in [2.05, 4.69) is 29.2 Å². The minimum atomic E-state index is -0.615. The number of rotatable bonds is 7. The van der Waals surface area contributed by atoms with E-state index in [0.29, 0.717) is 19.4 Å². The molecule has 1 aromatic heterocycles. The number of carbonyl (C=O) groups excluding carboxylic acids is 1. The number of likely N-dealkylation sites (tertiary alicyclic amines) is 1. The Bertz CT molecular complexity index is 870. The van der Waals surface area contributed by atoms with Crippen molar-refractivity contribution in [2.45, 2.75) is 30.6 Å². The van der Waals surface area contributed by atoms with Gasteiger partial charge in [-0.3, -0.25) is 4.79 Å². The van der Waals surface area contributed by atoms with Crippen molar-refractivity contribution >= 4 is 17.7 Å². The van der Waals surface area contributed by atoms with Crippen molar-refractivity contribution in [1.82, 2.24) is 14.9 Å². The highest BCUT2D eigenvalue weighted by Crippen LogP contribution is 2.32. The molecule has 1 fully saturated rings. The summed E-state index contributed by atoms with van der Waals surface area (Å²) in [6, 6.07) is 20.4. The predicted octanol–water partition coefficient (Wildman–Crippen LogP) is 4.17. The van der Waals surface area contributed by atoms with E-state index in [1.54, 1.807) is 16.7 Å². The Morgan fingerprint density at radius 1 is 1.07 bits per heavy atom. The second-order valence-corrected chi connectivity index (χ2v) is 7.89. The van der Waals surface area contributed by atoms with Crippen LogP contribution in [0.15, 0.2) is 65.8 Å². The van der Waals surface area contributed by atoms with Crippen LogP contribution >= 0.6 is 11.8 Å². The summed E-state index contributed by atoms with van der Waals surface area (Å²) in [6.07, 6.45) is 1.20. The summed E-state index contributed by atoms with van der Waals surface area (Å²) in [6.45, 7) is 0.588. The predicted molar refractivity (Wildman–Crippen MR) is 112 cm³/mol. The summed E-state index contributed by atoms with van der Waals surface area (Å²) < 4.78 is 0. The van der Waals surface area contributed by atoms with Crippen molar-refractivity contribution in [3.05, 3.63) is 60.7 Å². The first-order valence-electron chi connectivity index (χ1n) is 9.53. The summed E-state index contributed by atoms with van der Waals surface area (Å²) >= 11 is 1.64. The second-order valence-electron chi connectivity index (χ2n) is 6.81. The number of H-pyrrole nitrogens is 1. The van der Waals surface area contributed by atoms with Gasteiger partial charge in [-0.15, -0.1) is 0 Å². The number of aliphatic hydroxyl groups excluding tert-OH is 1. The van der Waals surface area contributed by atoms with E-state index in [4.69, 9.17) is 4.98 Å². The molecule has 0 spiro atoms. The number of amides is 1. The van der Waals surface area contributed by atoms with Crippen molar-refractivity contribution in [2.24, 2.45) is 0 Å². The second kappa shape index (κ2) is 8.63. The first kappa shape index (κ1) is 18.8. The Hall–Kier alpha value is -2.57. The molecular formula is C22H23N3O2S. The van der Waals surface area contributed by atoms with E-state index in [9.17, 15) is 9.90 Å². The fourth-order valence-corrected chi connectivity index (χ4v) is 4.23. The molecule has 1 amide bonds. The van der Waals surface area contributed by atoms with Gasteiger partial charge < -0.3 is 15.0 Å². The fraction of sp³-hybridized carbons (Fsp3) is 0.273. The van der Waals surface area contributed by atoms with Gasteiger partial charge in [-0.2, -0.15) is 0 Å². The molecule has 0 saturated carbocycles. The summed E-state index contributed by atoms with van der Waals surface area (Å²) in [4.78, 5) is 21.6. The van der Waals surface area contributed by atoms with Gasteiger partial charge in [-0.05, 0) is 6.42 Å². The number of aromatic amines is 1. The Balaban J connectivity index is 1.47. The molecular weight excluding hydrogens is 370 g/mol. The molecule has 0 radical (unpaired) electrons. The summed E-state index contributed by atoms with van der Waals surface area (Å²) in [5, 5.41) is 10.7. The molecule has 1 saturated heterocycles. The van der Waals surface area contributed by atoms with Crippen molar-refractivity contribution in [3.8, 4) is 22.5 Å². The van der Waals surface area contributed by atoms with Crippen LogP contribution in [0.4, 0.5) is 0 Å². The monoisotopic (exact) mass is 393 g/mol. The normalized spacial score (nSPS) is 16.7. The van der Waals surface area contributed by atoms with Crippen molar-refractivity contribution in [2.75, 3.05) is 12.3 Å². The highest BCUT2D eigenvalue weighted by molar-refractivity contribution is 7.99. The van der Waals surface area contributed by atoms with Gasteiger partial charge in [0, 0.05) is 36.3 Å². The molecule has 1 unspecified atom stereocenters. The molecule has 6 heteroatoms. The minimum Gasteiger partial charge on any atom is -0.374 e. The molecule has 1 aliphatic heterocycles. The molecule has 2 heterocycles. The van der Waals surface area contributed by atoms with Crippen LogP contribution in [0.3, 0.4) is 0 Å². The van der Waals surface area contributed by atoms with Crippen LogP contribution in [-0.2, 0) is 4.79 Å². The maximum Gasteiger partial charge on any atom is 0.224 e. The van der Waals surface area contributed by atoms with Crippen LogP contribution < -0.4 is 0 Å². The quantitative estimate of drug-likeness (QED) is 0.467. The van der Waals surface area contributed by atoms with Crippen molar-refractivity contribution in [1.29, 1.82) is 0 Å². The number of nitrogens with one attached hydrogen (secondary N) is 1. The maximum atomic E-state index is 11.8. The first-order valence-corrected chi connectivity index (χ1v) is 10.5. The van der Waals surface area contributed by atoms with Crippen LogP contribution in [0, 0.1) is 0 Å². The summed E-state index contributed by atoms with van der Waals surface area (Å²) in [7, 11) is 0. The Morgan fingerprint density at radius 3 is 2.39 bits per heavy atom. The van der Waals surface area contributed by atoms with Gasteiger partial charge in [-0.1, -0.05) is 72.4 Å². The van der Waals surface area contributed by atoms with Gasteiger partial charge in [0.1, 0.15) is 6.23 Å². The zero-order valence-corrected chi connectivity index (χ0v) is 16.4. The molecule has 144 valence electrons. The molecule has 5 nitrogen and oxygen atoms in total. The molecule has 3 aromatic rings. The lowest BCUT2D eigenvalue weighted by atomic mass is 10.1. The highest BCUT2D eigenvalue weighted by atomic mass is 32.2. The standard InChI is InChI=1S/C22H23N3O2S/c26-18-12-13-19(27)25(18)14-7-15-28-22-23-20(16-8-3-1-4-9-16)21(24-22)17-10-5-2-6-11-17/h1-6,8-11,18,26H,7,12-15H2,(H,23,24). The largest absolute Gasteiger partial charge is 0.374 e. The highest BCUT2D eigenvalue weighted by Gasteiger charge is 2.28. The lowest BCUT2D eigenvalue weighted by Gasteiger charge is -2.19. The zero-order chi connectivity index (χ0) is 19.3. The zero-order valence-electron chi connectivity index (χ0n) is 15.5. The average Bonchev–Trinajstić information content (AvgIpc) is 3.30. The molecule has 0 bridgehead atoms. The van der Waals surface area contributed by atoms with E-state index >= 15 is 0 Å². The molecule has 1 atom stereocenters. The van der Waals surface area contributed by atoms with E-state index in [0.717, 1.165) is 39.8 Å². The number of aliphatic hydroxyl groups is 1. The first-order chi connectivity index (χ1) is 13.7. The van der Waals surface area contributed by atoms with Gasteiger partial charge in [0.25, 0.3) is 0 Å². The van der Waals surface area contributed by atoms with Crippen molar-refractivity contribution < 1.29 is 9.90 Å². The number of carbonyl (C=O) groups is 1. The SMILES string of the molecule is O=C1CCC(O)N1CCCSc1nc(-c2ccccc2)c(-c2ccccc2)[nH]1. The van der Waals surface area contributed by atoms with Crippen LogP contribution in [0.1, 0.15) is 19.3 Å². The fourth-order valence-electron chi connectivity index (χ4n) is 3.43. The lowest BCUT2D eigenvalue weighted by Crippen LogP contribution is -2.33. The topological polar surface area (TPSA) is 69.2 Å². The number of benzene rings is 2. The van der Waals surface area contributed by atoms with Crippen LogP contribution in [0.2, 0.25) is 0 Å². The molecule has 0 aliphatic carbocycles. The third-order valence-corrected chi connectivity index (χ3v) is 5.83. The molecule has 4 rings (SSSR count). The Morgan fingerprint density at radius 2 is 1.75 bits per heavy atom. The molecule has 28 heavy (non-hydrogen) atoms. The molecule has 1 aliphatic rings. The number of aromatic nitrogens is 2. The Labute approximate surface area is 168 Å². The third kappa shape index (κ3) is 4.13. The average molecular weight is 394 g/mol. The van der Waals surface area contributed by atoms with Crippen LogP contribution in [0.25, 0.3) is 22.5 Å². The smallest absolute Gasteiger partial charge is 0.224 e. The Kier molecular flexibility index (Phi) is 5.78. The van der Waals surface area contributed by atoms with Gasteiger partial charge in [0.2, 0.25) is 5.91 Å². The molecule has 2 aromatic carbocycles. The number of hydrogen-bond acceptors (Lipinski definition) is 4. The number of thioether (sulfide) groups is 1. The van der Waals surface area contributed by atoms with E-state index in [1.807, 2.05) is 36.4 Å². The van der Waals surface area contributed by atoms with Crippen LogP contribution in [0.5, 0.6) is 0 Å². The van der Waals surface area contributed by atoms with Gasteiger partial charge in [-0.25, -0.2) is 4.98 Å². The van der Waals surface area contributed by atoms with Gasteiger partial charge in [0.05, 0.1) is 11.4 Å². The molecule has 2 N–H and O–H groups in total. The summed E-state index contributed by atoms with van der Waals surface area (Å²) in [5.74, 6) is 0.875. The lowest BCUT2D eigenvalue weighted by molar-refractivity contribution is -0.133. The minimum absolute atomic E-state index is 0.0493. The number of nitrogens with zero attached hydrogens (tertiary/aromatic N) is 2. The number of imidazole rings is 1. The van der Waals surface area contributed by atoms with E-state index < -0.39 is 6.23 Å². The summed E-state index contributed by atoms with van der Waals surface area (Å²) in [5.41, 5.74) is 4.14. The maximum absolute atomic E-state index is 11.8. The van der Waals surface area contributed by atoms with E-state index in [-0.39, 0.29) is 5.91 Å².